The van der Waals surface area contributed by atoms with Crippen LogP contribution in [0.15, 0.2) is 72.8 Å². The average Bonchev–Trinajstić information content (AvgIpc) is 2.81. The van der Waals surface area contributed by atoms with E-state index in [0.717, 1.165) is 11.3 Å². The molecule has 0 saturated heterocycles. The standard InChI is InChI=1S/C25H26ClN3O3/c1-28(2)17-29(21-10-5-4-6-11-21)25(31)20-9-7-8-18(14-20)16-27-24(30)19-12-13-22(26)23(15-19)32-3/h4-15H,16-17H2,1-3H3,(H,27,30). The summed E-state index contributed by atoms with van der Waals surface area (Å²) < 4.78 is 5.17. The fourth-order valence-corrected chi connectivity index (χ4v) is 3.40. The van der Waals surface area contributed by atoms with Gasteiger partial charge in [0.15, 0.2) is 0 Å². The number of carbonyl (C=O) groups is 2. The van der Waals surface area contributed by atoms with E-state index in [1.165, 1.54) is 7.11 Å². The summed E-state index contributed by atoms with van der Waals surface area (Å²) in [7, 11) is 5.34. The number of methoxy groups -OCH3 is 1. The Hall–Kier alpha value is -3.35. The molecule has 3 aromatic carbocycles. The molecule has 0 aliphatic rings. The number of ether oxygens (including phenoxy) is 1. The van der Waals surface area contributed by atoms with E-state index in [0.29, 0.717) is 28.6 Å². The van der Waals surface area contributed by atoms with E-state index in [2.05, 4.69) is 5.32 Å². The highest BCUT2D eigenvalue weighted by Gasteiger charge is 2.19. The SMILES string of the molecule is COc1cc(C(=O)NCc2cccc(C(=O)N(CN(C)C)c3ccccc3)c2)ccc1Cl. The van der Waals surface area contributed by atoms with Crippen LogP contribution in [0, 0.1) is 0 Å². The molecule has 0 unspecified atom stereocenters. The lowest BCUT2D eigenvalue weighted by atomic mass is 10.1. The smallest absolute Gasteiger partial charge is 0.259 e. The maximum Gasteiger partial charge on any atom is 0.259 e. The molecule has 166 valence electrons. The second kappa shape index (κ2) is 10.8. The van der Waals surface area contributed by atoms with Crippen molar-refractivity contribution in [2.24, 2.45) is 0 Å². The van der Waals surface area contributed by atoms with Gasteiger partial charge in [0.05, 0.1) is 18.8 Å². The Bertz CT molecular complexity index is 1090. The summed E-state index contributed by atoms with van der Waals surface area (Å²) in [5, 5.41) is 3.32. The fourth-order valence-electron chi connectivity index (χ4n) is 3.21. The molecule has 0 aromatic heterocycles. The summed E-state index contributed by atoms with van der Waals surface area (Å²) in [6.45, 7) is 0.728. The van der Waals surface area contributed by atoms with Crippen molar-refractivity contribution in [2.45, 2.75) is 6.54 Å². The largest absolute Gasteiger partial charge is 0.495 e. The zero-order valence-corrected chi connectivity index (χ0v) is 19.1. The van der Waals surface area contributed by atoms with Crippen molar-refractivity contribution >= 4 is 29.1 Å². The number of nitrogens with zero attached hydrogens (tertiary/aromatic N) is 2. The van der Waals surface area contributed by atoms with Gasteiger partial charge in [-0.1, -0.05) is 41.9 Å². The van der Waals surface area contributed by atoms with Crippen LogP contribution in [0.3, 0.4) is 0 Å². The Balaban J connectivity index is 1.74. The van der Waals surface area contributed by atoms with Crippen LogP contribution in [0.2, 0.25) is 5.02 Å². The lowest BCUT2D eigenvalue weighted by Gasteiger charge is -2.26. The first-order valence-electron chi connectivity index (χ1n) is 10.1. The summed E-state index contributed by atoms with van der Waals surface area (Å²) >= 11 is 6.03. The molecule has 0 radical (unpaired) electrons. The predicted molar refractivity (Wildman–Crippen MR) is 127 cm³/mol. The Morgan fingerprint density at radius 2 is 1.69 bits per heavy atom. The lowest BCUT2D eigenvalue weighted by Crippen LogP contribution is -2.38. The Kier molecular flexibility index (Phi) is 7.87. The van der Waals surface area contributed by atoms with E-state index in [-0.39, 0.29) is 18.4 Å². The van der Waals surface area contributed by atoms with Gasteiger partial charge in [0.1, 0.15) is 5.75 Å². The number of rotatable bonds is 8. The molecular formula is C25H26ClN3O3. The molecule has 32 heavy (non-hydrogen) atoms. The van der Waals surface area contributed by atoms with Crippen LogP contribution < -0.4 is 15.0 Å². The molecule has 0 aliphatic heterocycles. The molecule has 0 bridgehead atoms. The second-order valence-electron chi connectivity index (χ2n) is 7.52. The van der Waals surface area contributed by atoms with Gasteiger partial charge < -0.3 is 10.1 Å². The summed E-state index contributed by atoms with van der Waals surface area (Å²) in [6.07, 6.45) is 0. The number of hydrogen-bond acceptors (Lipinski definition) is 4. The van der Waals surface area contributed by atoms with Crippen molar-refractivity contribution in [3.63, 3.8) is 0 Å². The van der Waals surface area contributed by atoms with E-state index in [1.807, 2.05) is 61.5 Å². The maximum absolute atomic E-state index is 13.3. The topological polar surface area (TPSA) is 61.9 Å². The van der Waals surface area contributed by atoms with Crippen molar-refractivity contribution in [3.05, 3.63) is 94.5 Å². The van der Waals surface area contributed by atoms with Crippen molar-refractivity contribution < 1.29 is 14.3 Å². The third kappa shape index (κ3) is 5.87. The average molecular weight is 452 g/mol. The van der Waals surface area contributed by atoms with Gasteiger partial charge in [-0.2, -0.15) is 0 Å². The van der Waals surface area contributed by atoms with E-state index in [1.54, 1.807) is 35.2 Å². The van der Waals surface area contributed by atoms with Crippen molar-refractivity contribution in [2.75, 3.05) is 32.8 Å². The molecule has 0 aliphatic carbocycles. The fraction of sp³-hybridized carbons (Fsp3) is 0.200. The number of anilines is 1. The van der Waals surface area contributed by atoms with Gasteiger partial charge in [-0.15, -0.1) is 0 Å². The van der Waals surface area contributed by atoms with E-state index in [4.69, 9.17) is 16.3 Å². The minimum absolute atomic E-state index is 0.111. The Labute approximate surface area is 193 Å². The molecule has 0 heterocycles. The third-order valence-corrected chi connectivity index (χ3v) is 5.09. The van der Waals surface area contributed by atoms with Crippen LogP contribution in [0.1, 0.15) is 26.3 Å². The van der Waals surface area contributed by atoms with E-state index >= 15 is 0 Å². The van der Waals surface area contributed by atoms with Gasteiger partial charge in [0, 0.05) is 23.4 Å². The van der Waals surface area contributed by atoms with E-state index < -0.39 is 0 Å². The molecular weight excluding hydrogens is 426 g/mol. The summed E-state index contributed by atoms with van der Waals surface area (Å²) in [5.41, 5.74) is 2.64. The normalized spacial score (nSPS) is 10.7. The minimum Gasteiger partial charge on any atom is -0.495 e. The maximum atomic E-state index is 13.3. The number of carbonyl (C=O) groups excluding carboxylic acids is 2. The first-order valence-corrected chi connectivity index (χ1v) is 10.5. The molecule has 0 atom stereocenters. The number of nitrogens with one attached hydrogen (secondary N) is 1. The van der Waals surface area contributed by atoms with Gasteiger partial charge >= 0.3 is 0 Å². The Morgan fingerprint density at radius 3 is 2.38 bits per heavy atom. The quantitative estimate of drug-likeness (QED) is 0.514. The number of amides is 2. The molecule has 6 nitrogen and oxygen atoms in total. The lowest BCUT2D eigenvalue weighted by molar-refractivity contribution is 0.0949. The number of halogens is 1. The van der Waals surface area contributed by atoms with Gasteiger partial charge in [-0.05, 0) is 62.1 Å². The highest BCUT2D eigenvalue weighted by molar-refractivity contribution is 6.32. The van der Waals surface area contributed by atoms with Crippen LogP contribution in [0.5, 0.6) is 5.75 Å². The van der Waals surface area contributed by atoms with Crippen molar-refractivity contribution in [3.8, 4) is 5.75 Å². The highest BCUT2D eigenvalue weighted by Crippen LogP contribution is 2.25. The first-order chi connectivity index (χ1) is 15.4. The molecule has 2 amide bonds. The Morgan fingerprint density at radius 1 is 0.938 bits per heavy atom. The zero-order chi connectivity index (χ0) is 23.1. The molecule has 3 aromatic rings. The molecule has 0 saturated carbocycles. The van der Waals surface area contributed by atoms with E-state index in [9.17, 15) is 9.59 Å². The van der Waals surface area contributed by atoms with Crippen molar-refractivity contribution in [1.82, 2.24) is 10.2 Å². The molecule has 3 rings (SSSR count). The van der Waals surface area contributed by atoms with Crippen molar-refractivity contribution in [1.29, 1.82) is 0 Å². The summed E-state index contributed by atoms with van der Waals surface area (Å²) in [4.78, 5) is 29.5. The van der Waals surface area contributed by atoms with Gasteiger partial charge in [0.25, 0.3) is 11.8 Å². The number of benzene rings is 3. The van der Waals surface area contributed by atoms with Crippen LogP contribution in [0.4, 0.5) is 5.69 Å². The molecule has 7 heteroatoms. The third-order valence-electron chi connectivity index (χ3n) is 4.78. The number of hydrogen-bond donors (Lipinski definition) is 1. The van der Waals surface area contributed by atoms with Gasteiger partial charge in [-0.3, -0.25) is 19.4 Å². The molecule has 1 N–H and O–H groups in total. The molecule has 0 fully saturated rings. The van der Waals surface area contributed by atoms with Gasteiger partial charge in [0.2, 0.25) is 0 Å². The van der Waals surface area contributed by atoms with Crippen LogP contribution in [-0.4, -0.2) is 44.6 Å². The second-order valence-corrected chi connectivity index (χ2v) is 7.93. The summed E-state index contributed by atoms with van der Waals surface area (Å²) in [5.74, 6) is 0.0736. The predicted octanol–water partition coefficient (Wildman–Crippen LogP) is 4.44. The number of para-hydroxylation sites is 1. The van der Waals surface area contributed by atoms with Crippen LogP contribution in [-0.2, 0) is 6.54 Å². The van der Waals surface area contributed by atoms with Gasteiger partial charge in [-0.25, -0.2) is 0 Å². The van der Waals surface area contributed by atoms with Crippen LogP contribution in [0.25, 0.3) is 0 Å². The van der Waals surface area contributed by atoms with Crippen LogP contribution >= 0.6 is 11.6 Å². The molecule has 0 spiro atoms. The first kappa shape index (κ1) is 23.3. The monoisotopic (exact) mass is 451 g/mol. The highest BCUT2D eigenvalue weighted by atomic mass is 35.5. The minimum atomic E-state index is -0.254. The zero-order valence-electron chi connectivity index (χ0n) is 18.3. The summed E-state index contributed by atoms with van der Waals surface area (Å²) in [6, 6.07) is 21.7.